The maximum Gasteiger partial charge on any atom is 0.267 e. The van der Waals surface area contributed by atoms with Crippen molar-refractivity contribution in [1.82, 2.24) is 14.2 Å². The fourth-order valence-electron chi connectivity index (χ4n) is 2.60. The summed E-state index contributed by atoms with van der Waals surface area (Å²) in [6.07, 6.45) is 3.63. The minimum atomic E-state index is -3.52. The van der Waals surface area contributed by atoms with Gasteiger partial charge in [0.2, 0.25) is 10.0 Å². The van der Waals surface area contributed by atoms with Crippen molar-refractivity contribution < 1.29 is 13.2 Å². The molecule has 1 N–H and O–H groups in total. The molecule has 0 aliphatic rings. The minimum Gasteiger partial charge on any atom is -0.351 e. The SMILES string of the molecule is C=CCn1c(C(=O)NCCCC)cc2cc(S(=O)(=O)N(C)C)ccc21. The largest absolute Gasteiger partial charge is 0.351 e. The predicted molar refractivity (Wildman–Crippen MR) is 100 cm³/mol. The molecule has 1 amide bonds. The number of carbonyl (C=O) groups excluding carboxylic acids is 1. The summed E-state index contributed by atoms with van der Waals surface area (Å²) in [5, 5.41) is 3.62. The Kier molecular flexibility index (Phi) is 6.02. The van der Waals surface area contributed by atoms with Gasteiger partial charge >= 0.3 is 0 Å². The van der Waals surface area contributed by atoms with Gasteiger partial charge in [-0.25, -0.2) is 12.7 Å². The molecule has 2 aromatic rings. The summed E-state index contributed by atoms with van der Waals surface area (Å²) in [7, 11) is -0.529. The van der Waals surface area contributed by atoms with E-state index in [1.54, 1.807) is 30.3 Å². The fraction of sp³-hybridized carbons (Fsp3) is 0.389. The van der Waals surface area contributed by atoms with E-state index in [4.69, 9.17) is 0 Å². The molecule has 0 aliphatic carbocycles. The Hall–Kier alpha value is -2.12. The van der Waals surface area contributed by atoms with E-state index in [0.717, 1.165) is 18.4 Å². The van der Waals surface area contributed by atoms with E-state index in [1.807, 2.05) is 4.57 Å². The first-order chi connectivity index (χ1) is 11.8. The van der Waals surface area contributed by atoms with Crippen LogP contribution in [0.1, 0.15) is 30.3 Å². The fourth-order valence-corrected chi connectivity index (χ4v) is 3.54. The van der Waals surface area contributed by atoms with Gasteiger partial charge in [0.1, 0.15) is 5.69 Å². The van der Waals surface area contributed by atoms with E-state index >= 15 is 0 Å². The number of hydrogen-bond acceptors (Lipinski definition) is 3. The van der Waals surface area contributed by atoms with Crippen LogP contribution in [0.15, 0.2) is 41.8 Å². The maximum atomic E-state index is 12.5. The maximum absolute atomic E-state index is 12.5. The summed E-state index contributed by atoms with van der Waals surface area (Å²) in [5.41, 5.74) is 1.31. The first-order valence-corrected chi connectivity index (χ1v) is 9.71. The molecule has 0 atom stereocenters. The third kappa shape index (κ3) is 3.93. The molecule has 1 aromatic carbocycles. The Morgan fingerprint density at radius 2 is 2.04 bits per heavy atom. The first-order valence-electron chi connectivity index (χ1n) is 8.27. The monoisotopic (exact) mass is 363 g/mol. The van der Waals surface area contributed by atoms with Crippen molar-refractivity contribution in [2.75, 3.05) is 20.6 Å². The van der Waals surface area contributed by atoms with Gasteiger partial charge < -0.3 is 9.88 Å². The number of carbonyl (C=O) groups is 1. The molecule has 0 saturated heterocycles. The molecule has 2 rings (SSSR count). The quantitative estimate of drug-likeness (QED) is 0.579. The van der Waals surface area contributed by atoms with Crippen molar-refractivity contribution >= 4 is 26.8 Å². The van der Waals surface area contributed by atoms with E-state index in [9.17, 15) is 13.2 Å². The van der Waals surface area contributed by atoms with Crippen molar-refractivity contribution in [3.8, 4) is 0 Å². The lowest BCUT2D eigenvalue weighted by molar-refractivity contribution is 0.0945. The highest BCUT2D eigenvalue weighted by atomic mass is 32.2. The van der Waals surface area contributed by atoms with Gasteiger partial charge in [0.05, 0.1) is 4.90 Å². The Labute approximate surface area is 149 Å². The van der Waals surface area contributed by atoms with Gasteiger partial charge in [-0.3, -0.25) is 4.79 Å². The normalized spacial score (nSPS) is 11.8. The number of rotatable bonds is 8. The van der Waals surface area contributed by atoms with Gasteiger partial charge in [-0.2, -0.15) is 0 Å². The number of aromatic nitrogens is 1. The number of benzene rings is 1. The zero-order chi connectivity index (χ0) is 18.6. The number of allylic oxidation sites excluding steroid dienone is 1. The lowest BCUT2D eigenvalue weighted by Gasteiger charge is -2.12. The van der Waals surface area contributed by atoms with Gasteiger partial charge in [-0.15, -0.1) is 6.58 Å². The number of sulfonamides is 1. The van der Waals surface area contributed by atoms with Gasteiger partial charge in [-0.05, 0) is 30.7 Å². The van der Waals surface area contributed by atoms with Crippen molar-refractivity contribution in [3.05, 3.63) is 42.6 Å². The van der Waals surface area contributed by atoms with E-state index in [-0.39, 0.29) is 10.8 Å². The van der Waals surface area contributed by atoms with Crippen LogP contribution in [-0.4, -0.2) is 43.8 Å². The van der Waals surface area contributed by atoms with E-state index in [2.05, 4.69) is 18.8 Å². The number of unbranched alkanes of at least 4 members (excludes halogenated alkanes) is 1. The smallest absolute Gasteiger partial charge is 0.267 e. The molecule has 0 aliphatic heterocycles. The molecule has 0 bridgehead atoms. The molecule has 6 nitrogen and oxygen atoms in total. The summed E-state index contributed by atoms with van der Waals surface area (Å²) >= 11 is 0. The van der Waals surface area contributed by atoms with Crippen LogP contribution in [0.3, 0.4) is 0 Å². The number of nitrogens with zero attached hydrogens (tertiary/aromatic N) is 2. The van der Waals surface area contributed by atoms with Gasteiger partial charge in [-0.1, -0.05) is 19.4 Å². The first kappa shape index (κ1) is 19.2. The molecule has 0 spiro atoms. The topological polar surface area (TPSA) is 71.4 Å². The summed E-state index contributed by atoms with van der Waals surface area (Å²) in [6.45, 7) is 6.89. The van der Waals surface area contributed by atoms with Crippen LogP contribution in [0, 0.1) is 0 Å². The summed E-state index contributed by atoms with van der Waals surface area (Å²) in [5.74, 6) is -0.163. The Morgan fingerprint density at radius 1 is 1.32 bits per heavy atom. The lowest BCUT2D eigenvalue weighted by Crippen LogP contribution is -2.26. The van der Waals surface area contributed by atoms with Gasteiger partial charge in [0.15, 0.2) is 0 Å². The third-order valence-corrected chi connectivity index (χ3v) is 5.82. The minimum absolute atomic E-state index is 0.163. The molecule has 0 saturated carbocycles. The molecule has 1 aromatic heterocycles. The number of fused-ring (bicyclic) bond motifs is 1. The molecular weight excluding hydrogens is 338 g/mol. The van der Waals surface area contributed by atoms with Crippen LogP contribution in [0.2, 0.25) is 0 Å². The average molecular weight is 363 g/mol. The molecule has 7 heteroatoms. The van der Waals surface area contributed by atoms with Gasteiger partial charge in [0, 0.05) is 38.1 Å². The van der Waals surface area contributed by atoms with Crippen LogP contribution in [0.5, 0.6) is 0 Å². The van der Waals surface area contributed by atoms with Crippen LogP contribution in [0.25, 0.3) is 10.9 Å². The molecule has 1 heterocycles. The number of hydrogen-bond donors (Lipinski definition) is 1. The molecular formula is C18H25N3O3S. The van der Waals surface area contributed by atoms with Crippen molar-refractivity contribution in [2.24, 2.45) is 0 Å². The highest BCUT2D eigenvalue weighted by Gasteiger charge is 2.20. The van der Waals surface area contributed by atoms with E-state index < -0.39 is 10.0 Å². The molecule has 0 unspecified atom stereocenters. The zero-order valence-electron chi connectivity index (χ0n) is 14.9. The second kappa shape index (κ2) is 7.84. The zero-order valence-corrected chi connectivity index (χ0v) is 15.8. The van der Waals surface area contributed by atoms with E-state index in [1.165, 1.54) is 18.4 Å². The molecule has 25 heavy (non-hydrogen) atoms. The van der Waals surface area contributed by atoms with Crippen LogP contribution < -0.4 is 5.32 Å². The molecule has 0 fully saturated rings. The second-order valence-corrected chi connectivity index (χ2v) is 8.20. The second-order valence-electron chi connectivity index (χ2n) is 6.05. The van der Waals surface area contributed by atoms with Crippen LogP contribution in [0.4, 0.5) is 0 Å². The summed E-state index contributed by atoms with van der Waals surface area (Å²) in [4.78, 5) is 12.7. The standard InChI is InChI=1S/C18H25N3O3S/c1-5-7-10-19-18(22)17-13-14-12-15(25(23,24)20(3)4)8-9-16(14)21(17)11-6-2/h6,8-9,12-13H,2,5,7,10-11H2,1,3-4H3,(H,19,22). The van der Waals surface area contributed by atoms with Crippen LogP contribution in [-0.2, 0) is 16.6 Å². The Morgan fingerprint density at radius 3 is 2.64 bits per heavy atom. The summed E-state index contributed by atoms with van der Waals surface area (Å²) < 4.78 is 27.7. The van der Waals surface area contributed by atoms with Crippen molar-refractivity contribution in [3.63, 3.8) is 0 Å². The van der Waals surface area contributed by atoms with E-state index in [0.29, 0.717) is 24.2 Å². The van der Waals surface area contributed by atoms with Crippen LogP contribution >= 0.6 is 0 Å². The number of nitrogens with one attached hydrogen (secondary N) is 1. The predicted octanol–water partition coefficient (Wildman–Crippen LogP) is 2.61. The molecule has 0 radical (unpaired) electrons. The lowest BCUT2D eigenvalue weighted by atomic mass is 10.2. The summed E-state index contributed by atoms with van der Waals surface area (Å²) in [6, 6.07) is 6.63. The Bertz CT molecular complexity index is 882. The highest BCUT2D eigenvalue weighted by Crippen LogP contribution is 2.25. The number of amides is 1. The molecule has 136 valence electrons. The average Bonchev–Trinajstić information content (AvgIpc) is 2.93. The third-order valence-electron chi connectivity index (χ3n) is 4.01. The van der Waals surface area contributed by atoms with Crippen molar-refractivity contribution in [1.29, 1.82) is 0 Å². The Balaban J connectivity index is 2.50. The highest BCUT2D eigenvalue weighted by molar-refractivity contribution is 7.89. The van der Waals surface area contributed by atoms with Gasteiger partial charge in [0.25, 0.3) is 5.91 Å². The van der Waals surface area contributed by atoms with Crippen molar-refractivity contribution in [2.45, 2.75) is 31.2 Å².